The van der Waals surface area contributed by atoms with Crippen LogP contribution in [0.15, 0.2) is 97.1 Å². The second-order valence-electron chi connectivity index (χ2n) is 7.85. The summed E-state index contributed by atoms with van der Waals surface area (Å²) in [6, 6.07) is 27.9. The van der Waals surface area contributed by atoms with Crippen LogP contribution < -0.4 is 14.2 Å². The first-order valence-corrected chi connectivity index (χ1v) is 11.0. The molecule has 0 aromatic heterocycles. The van der Waals surface area contributed by atoms with Gasteiger partial charge in [-0.25, -0.2) is 0 Å². The van der Waals surface area contributed by atoms with Crippen molar-refractivity contribution in [1.29, 1.82) is 0 Å². The second-order valence-corrected chi connectivity index (χ2v) is 7.85. The zero-order chi connectivity index (χ0) is 24.6. The van der Waals surface area contributed by atoms with E-state index in [2.05, 4.69) is 0 Å². The Morgan fingerprint density at radius 1 is 0.771 bits per heavy atom. The van der Waals surface area contributed by atoms with E-state index >= 15 is 0 Å². The quantitative estimate of drug-likeness (QED) is 0.298. The summed E-state index contributed by atoms with van der Waals surface area (Å²) in [6.07, 6.45) is -0.874. The maximum atomic E-state index is 9.87. The van der Waals surface area contributed by atoms with E-state index in [9.17, 15) is 20.4 Å². The molecule has 2 atom stereocenters. The summed E-state index contributed by atoms with van der Waals surface area (Å²) in [7, 11) is 0. The van der Waals surface area contributed by atoms with E-state index in [1.807, 2.05) is 48.5 Å². The summed E-state index contributed by atoms with van der Waals surface area (Å²) in [6.45, 7) is 0.460. The van der Waals surface area contributed by atoms with E-state index in [0.717, 1.165) is 11.1 Å². The van der Waals surface area contributed by atoms with Crippen LogP contribution in [0.25, 0.3) is 0 Å². The number of fused-ring (bicyclic) bond motifs is 1. The standard InChI is InChI=1S/C14H14O4.C14H12O3/c15-11-6-7-12(16)14(8-11)18-9-13(17)10-4-2-1-3-5-10;15-11-6-7-12-13(8-11)16-9-14(17-12)10-4-2-1-3-5-10/h1-8,13,15-17H,9H2;1-8,14-15H,9H2. The molecule has 0 aliphatic carbocycles. The minimum absolute atomic E-state index is 0.00102. The molecule has 7 nitrogen and oxygen atoms in total. The van der Waals surface area contributed by atoms with Gasteiger partial charge in [-0.3, -0.25) is 0 Å². The van der Waals surface area contributed by atoms with Gasteiger partial charge in [-0.15, -0.1) is 0 Å². The van der Waals surface area contributed by atoms with Crippen LogP contribution in [0, 0.1) is 0 Å². The van der Waals surface area contributed by atoms with Gasteiger partial charge in [0, 0.05) is 12.1 Å². The zero-order valence-corrected chi connectivity index (χ0v) is 18.8. The summed E-state index contributed by atoms with van der Waals surface area (Å²) in [5, 5.41) is 38.0. The monoisotopic (exact) mass is 474 g/mol. The van der Waals surface area contributed by atoms with Crippen LogP contribution in [0.1, 0.15) is 23.3 Å². The normalized spacial score (nSPS) is 14.8. The molecular weight excluding hydrogens is 448 g/mol. The number of phenols is 3. The van der Waals surface area contributed by atoms with Crippen molar-refractivity contribution in [2.24, 2.45) is 0 Å². The SMILES string of the molecule is Oc1ccc(O)c(OCC(O)c2ccccc2)c1.Oc1ccc2c(c1)OCC(c1ccccc1)O2. The first kappa shape index (κ1) is 23.8. The third kappa shape index (κ3) is 6.37. The molecule has 0 saturated heterocycles. The largest absolute Gasteiger partial charge is 0.508 e. The minimum atomic E-state index is -0.784. The van der Waals surface area contributed by atoms with Crippen molar-refractivity contribution >= 4 is 0 Å². The highest BCUT2D eigenvalue weighted by Crippen LogP contribution is 2.38. The van der Waals surface area contributed by atoms with E-state index < -0.39 is 6.10 Å². The van der Waals surface area contributed by atoms with Crippen LogP contribution in [0.5, 0.6) is 34.5 Å². The highest BCUT2D eigenvalue weighted by atomic mass is 16.6. The number of ether oxygens (including phenoxy) is 3. The molecule has 0 spiro atoms. The smallest absolute Gasteiger partial charge is 0.165 e. The van der Waals surface area contributed by atoms with Gasteiger partial charge in [0.25, 0.3) is 0 Å². The molecule has 2 unspecified atom stereocenters. The predicted octanol–water partition coefficient (Wildman–Crippen LogP) is 5.11. The average Bonchev–Trinajstić information content (AvgIpc) is 2.90. The Balaban J connectivity index is 0.000000165. The topological polar surface area (TPSA) is 109 Å². The van der Waals surface area contributed by atoms with E-state index in [-0.39, 0.29) is 35.7 Å². The molecule has 35 heavy (non-hydrogen) atoms. The molecule has 0 saturated carbocycles. The maximum Gasteiger partial charge on any atom is 0.165 e. The molecule has 4 aromatic carbocycles. The van der Waals surface area contributed by atoms with Crippen molar-refractivity contribution in [2.75, 3.05) is 13.2 Å². The summed E-state index contributed by atoms with van der Waals surface area (Å²) >= 11 is 0. The average molecular weight is 475 g/mol. The van der Waals surface area contributed by atoms with Crippen molar-refractivity contribution in [1.82, 2.24) is 0 Å². The van der Waals surface area contributed by atoms with Gasteiger partial charge in [-0.1, -0.05) is 60.7 Å². The number of hydrogen-bond donors (Lipinski definition) is 4. The molecule has 4 N–H and O–H groups in total. The minimum Gasteiger partial charge on any atom is -0.508 e. The molecule has 180 valence electrons. The fourth-order valence-corrected chi connectivity index (χ4v) is 3.45. The van der Waals surface area contributed by atoms with Gasteiger partial charge in [-0.2, -0.15) is 0 Å². The van der Waals surface area contributed by atoms with Crippen molar-refractivity contribution in [3.63, 3.8) is 0 Å². The summed E-state index contributed by atoms with van der Waals surface area (Å²) in [5.74, 6) is 1.51. The fourth-order valence-electron chi connectivity index (χ4n) is 3.45. The van der Waals surface area contributed by atoms with Gasteiger partial charge >= 0.3 is 0 Å². The zero-order valence-electron chi connectivity index (χ0n) is 18.8. The lowest BCUT2D eigenvalue weighted by Gasteiger charge is -2.26. The Hall–Kier alpha value is -4.36. The van der Waals surface area contributed by atoms with Crippen molar-refractivity contribution in [3.8, 4) is 34.5 Å². The summed E-state index contributed by atoms with van der Waals surface area (Å²) in [5.41, 5.74) is 1.82. The Morgan fingerprint density at radius 2 is 1.43 bits per heavy atom. The molecule has 1 aliphatic rings. The van der Waals surface area contributed by atoms with Gasteiger partial charge in [0.1, 0.15) is 30.8 Å². The van der Waals surface area contributed by atoms with Gasteiger partial charge in [-0.05, 0) is 35.4 Å². The number of aliphatic hydroxyl groups excluding tert-OH is 1. The third-order valence-electron chi connectivity index (χ3n) is 5.28. The first-order valence-electron chi connectivity index (χ1n) is 11.0. The van der Waals surface area contributed by atoms with Crippen molar-refractivity contribution in [3.05, 3.63) is 108 Å². The second kappa shape index (κ2) is 11.2. The molecule has 0 radical (unpaired) electrons. The number of hydrogen-bond acceptors (Lipinski definition) is 7. The highest BCUT2D eigenvalue weighted by Gasteiger charge is 2.22. The van der Waals surface area contributed by atoms with Gasteiger partial charge in [0.15, 0.2) is 29.1 Å². The third-order valence-corrected chi connectivity index (χ3v) is 5.28. The maximum absolute atomic E-state index is 9.87. The van der Waals surface area contributed by atoms with E-state index in [1.54, 1.807) is 30.3 Å². The van der Waals surface area contributed by atoms with Crippen LogP contribution in [-0.4, -0.2) is 33.6 Å². The number of phenolic OH excluding ortho intramolecular Hbond substituents is 3. The lowest BCUT2D eigenvalue weighted by Crippen LogP contribution is -2.21. The molecule has 0 amide bonds. The highest BCUT2D eigenvalue weighted by molar-refractivity contribution is 5.46. The first-order chi connectivity index (χ1) is 17.0. The molecule has 0 fully saturated rings. The lowest BCUT2D eigenvalue weighted by atomic mass is 10.1. The fraction of sp³-hybridized carbons (Fsp3) is 0.143. The number of benzene rings is 4. The van der Waals surface area contributed by atoms with E-state index in [4.69, 9.17) is 14.2 Å². The van der Waals surface area contributed by atoms with Gasteiger partial charge in [0.2, 0.25) is 0 Å². The molecule has 5 rings (SSSR count). The van der Waals surface area contributed by atoms with Crippen LogP contribution in [0.2, 0.25) is 0 Å². The molecule has 1 heterocycles. The Morgan fingerprint density at radius 3 is 2.17 bits per heavy atom. The van der Waals surface area contributed by atoms with Crippen LogP contribution >= 0.6 is 0 Å². The number of rotatable bonds is 5. The van der Waals surface area contributed by atoms with E-state index in [1.165, 1.54) is 18.2 Å². The van der Waals surface area contributed by atoms with E-state index in [0.29, 0.717) is 18.1 Å². The van der Waals surface area contributed by atoms with Gasteiger partial charge in [0.05, 0.1) is 0 Å². The number of aromatic hydroxyl groups is 3. The lowest BCUT2D eigenvalue weighted by molar-refractivity contribution is 0.0909. The summed E-state index contributed by atoms with van der Waals surface area (Å²) < 4.78 is 16.7. The molecule has 0 bridgehead atoms. The number of aliphatic hydroxyl groups is 1. The van der Waals surface area contributed by atoms with Crippen LogP contribution in [-0.2, 0) is 0 Å². The molecule has 4 aromatic rings. The Labute approximate surface area is 203 Å². The Kier molecular flexibility index (Phi) is 7.60. The molecule has 7 heteroatoms. The van der Waals surface area contributed by atoms with Crippen molar-refractivity contribution in [2.45, 2.75) is 12.2 Å². The predicted molar refractivity (Wildman–Crippen MR) is 130 cm³/mol. The summed E-state index contributed by atoms with van der Waals surface area (Å²) in [4.78, 5) is 0. The van der Waals surface area contributed by atoms with Crippen LogP contribution in [0.3, 0.4) is 0 Å². The van der Waals surface area contributed by atoms with Crippen LogP contribution in [0.4, 0.5) is 0 Å². The molecular formula is C28H26O7. The molecule has 1 aliphatic heterocycles. The Bertz CT molecular complexity index is 1230. The van der Waals surface area contributed by atoms with Crippen molar-refractivity contribution < 1.29 is 34.6 Å². The van der Waals surface area contributed by atoms with Gasteiger partial charge < -0.3 is 34.6 Å².